The second-order valence-corrected chi connectivity index (χ2v) is 11.2. The molecule has 0 rings (SSSR count). The van der Waals surface area contributed by atoms with Gasteiger partial charge in [0, 0.05) is 38.3 Å². The highest BCUT2D eigenvalue weighted by Gasteiger charge is 2.20. The predicted octanol–water partition coefficient (Wildman–Crippen LogP) is 5.18. The molecule has 4 nitrogen and oxygen atoms in total. The number of rotatable bonds is 21. The Bertz CT molecular complexity index is 276. The molecule has 0 bridgehead atoms. The Labute approximate surface area is 162 Å². The predicted molar refractivity (Wildman–Crippen MR) is 113 cm³/mol. The molecule has 0 aromatic carbocycles. The zero-order valence-electron chi connectivity index (χ0n) is 17.0. The summed E-state index contributed by atoms with van der Waals surface area (Å²) in [5.74, 6) is 0. The van der Waals surface area contributed by atoms with E-state index in [9.17, 15) is 4.57 Å². The molecule has 0 unspecified atom stereocenters. The Morgan fingerprint density at radius 3 is 0.885 bits per heavy atom. The summed E-state index contributed by atoms with van der Waals surface area (Å²) >= 11 is 0. The van der Waals surface area contributed by atoms with Crippen LogP contribution in [0.25, 0.3) is 0 Å². The van der Waals surface area contributed by atoms with Crippen molar-refractivity contribution in [3.05, 3.63) is 0 Å². The molecule has 26 heavy (non-hydrogen) atoms. The van der Waals surface area contributed by atoms with Crippen LogP contribution in [0.5, 0.6) is 0 Å². The van der Waals surface area contributed by atoms with Gasteiger partial charge in [-0.25, -0.2) is 0 Å². The highest BCUT2D eigenvalue weighted by molar-refractivity contribution is 7.63. The average molecular weight is 393 g/mol. The minimum absolute atomic E-state index is 0.283. The van der Waals surface area contributed by atoms with Crippen LogP contribution in [0.1, 0.15) is 96.3 Å². The quantitative estimate of drug-likeness (QED) is 0.186. The lowest BCUT2D eigenvalue weighted by Crippen LogP contribution is -2.02. The van der Waals surface area contributed by atoms with Crippen molar-refractivity contribution in [3.63, 3.8) is 0 Å². The van der Waals surface area contributed by atoms with E-state index in [1.54, 1.807) is 0 Å². The minimum Gasteiger partial charge on any atom is -0.396 e. The van der Waals surface area contributed by atoms with E-state index < -0.39 is 7.14 Å². The molecule has 0 saturated heterocycles. The number of aliphatic hydroxyl groups excluding tert-OH is 3. The van der Waals surface area contributed by atoms with Crippen LogP contribution in [-0.2, 0) is 4.57 Å². The van der Waals surface area contributed by atoms with Crippen molar-refractivity contribution < 1.29 is 19.9 Å². The van der Waals surface area contributed by atoms with Gasteiger partial charge in [-0.3, -0.25) is 0 Å². The summed E-state index contributed by atoms with van der Waals surface area (Å²) in [5.41, 5.74) is 0. The van der Waals surface area contributed by atoms with Crippen molar-refractivity contribution in [2.24, 2.45) is 0 Å². The van der Waals surface area contributed by atoms with E-state index in [0.717, 1.165) is 115 Å². The molecule has 0 heterocycles. The first-order chi connectivity index (χ1) is 12.7. The molecule has 0 amide bonds. The van der Waals surface area contributed by atoms with Gasteiger partial charge in [0.25, 0.3) is 0 Å². The summed E-state index contributed by atoms with van der Waals surface area (Å²) in [6, 6.07) is 0. The first kappa shape index (κ1) is 26.1. The monoisotopic (exact) mass is 392 g/mol. The van der Waals surface area contributed by atoms with Crippen molar-refractivity contribution in [2.75, 3.05) is 38.3 Å². The van der Waals surface area contributed by atoms with Gasteiger partial charge in [0.2, 0.25) is 0 Å². The topological polar surface area (TPSA) is 77.8 Å². The van der Waals surface area contributed by atoms with Crippen LogP contribution < -0.4 is 0 Å². The fraction of sp³-hybridized carbons (Fsp3) is 1.00. The second kappa shape index (κ2) is 19.9. The smallest absolute Gasteiger partial charge is 0.0877 e. The van der Waals surface area contributed by atoms with Crippen LogP contribution in [0, 0.1) is 0 Å². The molecule has 0 aromatic rings. The molecule has 0 fully saturated rings. The van der Waals surface area contributed by atoms with Crippen molar-refractivity contribution in [2.45, 2.75) is 96.3 Å². The highest BCUT2D eigenvalue weighted by atomic mass is 31.2. The van der Waals surface area contributed by atoms with E-state index in [2.05, 4.69) is 0 Å². The maximum Gasteiger partial charge on any atom is 0.0877 e. The fourth-order valence-corrected chi connectivity index (χ4v) is 6.53. The lowest BCUT2D eigenvalue weighted by Gasteiger charge is -2.18. The standard InChI is InChI=1S/C21H45O4P/c22-16-10-4-1-7-13-19-26(25,20-14-8-2-5-11-17-23)21-15-9-3-6-12-18-24/h22-24H,1-21H2. The van der Waals surface area contributed by atoms with Gasteiger partial charge in [-0.1, -0.05) is 57.8 Å². The normalized spacial score (nSPS) is 12.0. The average Bonchev–Trinajstić information content (AvgIpc) is 2.64. The zero-order valence-corrected chi connectivity index (χ0v) is 17.9. The number of hydrogen-bond acceptors (Lipinski definition) is 4. The molecule has 158 valence electrons. The van der Waals surface area contributed by atoms with Gasteiger partial charge < -0.3 is 19.9 Å². The van der Waals surface area contributed by atoms with E-state index in [4.69, 9.17) is 15.3 Å². The maximum atomic E-state index is 13.4. The van der Waals surface area contributed by atoms with Crippen LogP contribution in [0.2, 0.25) is 0 Å². The molecule has 0 saturated carbocycles. The molecular formula is C21H45O4P. The van der Waals surface area contributed by atoms with Gasteiger partial charge in [-0.15, -0.1) is 0 Å². The Balaban J connectivity index is 4.04. The summed E-state index contributed by atoms with van der Waals surface area (Å²) in [6.07, 6.45) is 18.6. The van der Waals surface area contributed by atoms with Crippen LogP contribution in [0.15, 0.2) is 0 Å². The van der Waals surface area contributed by atoms with Crippen molar-refractivity contribution >= 4 is 7.14 Å². The van der Waals surface area contributed by atoms with E-state index in [-0.39, 0.29) is 19.8 Å². The summed E-state index contributed by atoms with van der Waals surface area (Å²) in [6.45, 7) is 0.848. The third-order valence-electron chi connectivity index (χ3n) is 5.17. The SMILES string of the molecule is O=P(CCCCCCCO)(CCCCCCCO)CCCCCCCO. The Morgan fingerprint density at radius 2 is 0.615 bits per heavy atom. The Hall–Kier alpha value is 0.110. The van der Waals surface area contributed by atoms with Crippen LogP contribution in [-0.4, -0.2) is 53.6 Å². The van der Waals surface area contributed by atoms with Crippen LogP contribution in [0.4, 0.5) is 0 Å². The molecule has 3 N–H and O–H groups in total. The summed E-state index contributed by atoms with van der Waals surface area (Å²) in [7, 11) is -2.03. The molecule has 0 spiro atoms. The molecule has 0 aliphatic carbocycles. The van der Waals surface area contributed by atoms with Crippen molar-refractivity contribution in [1.29, 1.82) is 0 Å². The second-order valence-electron chi connectivity index (χ2n) is 7.70. The third-order valence-corrected chi connectivity index (χ3v) is 8.57. The largest absolute Gasteiger partial charge is 0.396 e. The highest BCUT2D eigenvalue weighted by Crippen LogP contribution is 2.48. The van der Waals surface area contributed by atoms with Gasteiger partial charge in [-0.2, -0.15) is 0 Å². The molecular weight excluding hydrogens is 347 g/mol. The molecule has 0 atom stereocenters. The van der Waals surface area contributed by atoms with E-state index in [1.165, 1.54) is 0 Å². The van der Waals surface area contributed by atoms with E-state index in [1.807, 2.05) is 0 Å². The summed E-state index contributed by atoms with van der Waals surface area (Å²) in [4.78, 5) is 0. The summed E-state index contributed by atoms with van der Waals surface area (Å²) < 4.78 is 13.4. The van der Waals surface area contributed by atoms with E-state index in [0.29, 0.717) is 0 Å². The molecule has 0 aliphatic heterocycles. The van der Waals surface area contributed by atoms with Gasteiger partial charge >= 0.3 is 0 Å². The van der Waals surface area contributed by atoms with Crippen molar-refractivity contribution in [1.82, 2.24) is 0 Å². The maximum absolute atomic E-state index is 13.4. The summed E-state index contributed by atoms with van der Waals surface area (Å²) in [5, 5.41) is 26.5. The third kappa shape index (κ3) is 17.5. The lowest BCUT2D eigenvalue weighted by molar-refractivity contribution is 0.282. The Morgan fingerprint density at radius 1 is 0.385 bits per heavy atom. The van der Waals surface area contributed by atoms with Crippen molar-refractivity contribution in [3.8, 4) is 0 Å². The van der Waals surface area contributed by atoms with Crippen LogP contribution >= 0.6 is 7.14 Å². The number of unbranched alkanes of at least 4 members (excludes halogenated alkanes) is 12. The fourth-order valence-electron chi connectivity index (χ4n) is 3.46. The Kier molecular flexibility index (Phi) is 19.9. The number of aliphatic hydroxyl groups is 3. The van der Waals surface area contributed by atoms with Gasteiger partial charge in [0.05, 0.1) is 7.14 Å². The van der Waals surface area contributed by atoms with E-state index >= 15 is 0 Å². The molecule has 5 heteroatoms. The molecule has 0 aliphatic rings. The minimum atomic E-state index is -2.03. The first-order valence-electron chi connectivity index (χ1n) is 11.1. The molecule has 0 aromatic heterocycles. The first-order valence-corrected chi connectivity index (χ1v) is 13.3. The van der Waals surface area contributed by atoms with Gasteiger partial charge in [0.15, 0.2) is 0 Å². The zero-order chi connectivity index (χ0) is 19.3. The van der Waals surface area contributed by atoms with Crippen LogP contribution in [0.3, 0.4) is 0 Å². The van der Waals surface area contributed by atoms with Gasteiger partial charge in [-0.05, 0) is 38.5 Å². The number of hydrogen-bond donors (Lipinski definition) is 3. The van der Waals surface area contributed by atoms with Gasteiger partial charge in [0.1, 0.15) is 0 Å². The molecule has 0 radical (unpaired) electrons. The lowest BCUT2D eigenvalue weighted by atomic mass is 10.2.